The first-order chi connectivity index (χ1) is 8.99. The summed E-state index contributed by atoms with van der Waals surface area (Å²) in [5, 5.41) is 31.3. The van der Waals surface area contributed by atoms with Crippen LogP contribution in [0.4, 0.5) is 11.4 Å². The largest absolute Gasteiger partial charge is 0.480 e. The van der Waals surface area contributed by atoms with Gasteiger partial charge in [-0.15, -0.1) is 0 Å². The Labute approximate surface area is 109 Å². The van der Waals surface area contributed by atoms with Crippen molar-refractivity contribution < 1.29 is 14.8 Å². The second kappa shape index (κ2) is 6.35. The van der Waals surface area contributed by atoms with Crippen LogP contribution >= 0.6 is 0 Å². The molecule has 1 aromatic rings. The zero-order chi connectivity index (χ0) is 14.4. The SMILES string of the molecule is CCCC(Nc1cc(C#N)ccc1[N+](=O)[O-])C(=O)O. The highest BCUT2D eigenvalue weighted by atomic mass is 16.6. The molecule has 100 valence electrons. The Morgan fingerprint density at radius 1 is 1.63 bits per heavy atom. The number of nitrogens with zero attached hydrogens (tertiary/aromatic N) is 2. The van der Waals surface area contributed by atoms with Crippen LogP contribution in [0.1, 0.15) is 25.3 Å². The summed E-state index contributed by atoms with van der Waals surface area (Å²) in [6.07, 6.45) is 0.957. The fourth-order valence-electron chi connectivity index (χ4n) is 1.61. The average molecular weight is 263 g/mol. The highest BCUT2D eigenvalue weighted by Gasteiger charge is 2.21. The summed E-state index contributed by atoms with van der Waals surface area (Å²) in [7, 11) is 0. The predicted octanol–water partition coefficient (Wildman–Crippen LogP) is 2.13. The summed E-state index contributed by atoms with van der Waals surface area (Å²) in [5.41, 5.74) is 0.0278. The number of nitrogens with one attached hydrogen (secondary N) is 1. The molecule has 0 aliphatic carbocycles. The fraction of sp³-hybridized carbons (Fsp3) is 0.333. The van der Waals surface area contributed by atoms with Crippen LogP contribution in [0.3, 0.4) is 0 Å². The lowest BCUT2D eigenvalue weighted by Gasteiger charge is -2.15. The Balaban J connectivity index is 3.12. The van der Waals surface area contributed by atoms with Gasteiger partial charge in [-0.3, -0.25) is 10.1 Å². The number of benzene rings is 1. The van der Waals surface area contributed by atoms with Gasteiger partial charge in [0.15, 0.2) is 0 Å². The first kappa shape index (κ1) is 14.4. The van der Waals surface area contributed by atoms with Gasteiger partial charge in [0, 0.05) is 6.07 Å². The van der Waals surface area contributed by atoms with Gasteiger partial charge in [-0.2, -0.15) is 5.26 Å². The number of hydrogen-bond acceptors (Lipinski definition) is 5. The molecule has 0 bridgehead atoms. The molecule has 0 heterocycles. The van der Waals surface area contributed by atoms with E-state index in [0.717, 1.165) is 0 Å². The standard InChI is InChI=1S/C12H13N3O4/c1-2-3-9(12(16)17)14-10-6-8(7-13)4-5-11(10)15(18)19/h4-6,9,14H,2-3H2,1H3,(H,16,17). The normalized spacial score (nSPS) is 11.4. The third kappa shape index (κ3) is 3.67. The minimum Gasteiger partial charge on any atom is -0.480 e. The Morgan fingerprint density at radius 2 is 2.32 bits per heavy atom. The van der Waals surface area contributed by atoms with Crippen molar-refractivity contribution in [2.45, 2.75) is 25.8 Å². The predicted molar refractivity (Wildman–Crippen MR) is 67.8 cm³/mol. The molecule has 1 unspecified atom stereocenters. The summed E-state index contributed by atoms with van der Waals surface area (Å²) in [5.74, 6) is -1.08. The zero-order valence-electron chi connectivity index (χ0n) is 10.3. The Morgan fingerprint density at radius 3 is 2.79 bits per heavy atom. The van der Waals surface area contributed by atoms with Crippen LogP contribution in [-0.2, 0) is 4.79 Å². The lowest BCUT2D eigenvalue weighted by atomic mass is 10.1. The van der Waals surface area contributed by atoms with Crippen molar-refractivity contribution in [3.05, 3.63) is 33.9 Å². The Bertz CT molecular complexity index is 536. The van der Waals surface area contributed by atoms with Crippen molar-refractivity contribution in [2.75, 3.05) is 5.32 Å². The van der Waals surface area contributed by atoms with Gasteiger partial charge >= 0.3 is 5.97 Å². The first-order valence-electron chi connectivity index (χ1n) is 5.67. The Hall–Kier alpha value is -2.62. The number of carboxylic acids is 1. The quantitative estimate of drug-likeness (QED) is 0.599. The molecule has 19 heavy (non-hydrogen) atoms. The average Bonchev–Trinajstić information content (AvgIpc) is 2.37. The molecule has 0 aromatic heterocycles. The number of nitro groups is 1. The molecule has 2 N–H and O–H groups in total. The summed E-state index contributed by atoms with van der Waals surface area (Å²) in [4.78, 5) is 21.3. The molecular weight excluding hydrogens is 250 g/mol. The number of nitro benzene ring substituents is 1. The lowest BCUT2D eigenvalue weighted by molar-refractivity contribution is -0.384. The van der Waals surface area contributed by atoms with E-state index in [2.05, 4.69) is 5.32 Å². The van der Waals surface area contributed by atoms with Crippen molar-refractivity contribution in [3.8, 4) is 6.07 Å². The molecule has 1 atom stereocenters. The van der Waals surface area contributed by atoms with Crippen LogP contribution in [0.15, 0.2) is 18.2 Å². The maximum Gasteiger partial charge on any atom is 0.326 e. The smallest absolute Gasteiger partial charge is 0.326 e. The summed E-state index contributed by atoms with van der Waals surface area (Å²) < 4.78 is 0. The molecule has 0 aliphatic heterocycles. The molecule has 1 aromatic carbocycles. The summed E-state index contributed by atoms with van der Waals surface area (Å²) in [6, 6.07) is 4.73. The van der Waals surface area contributed by atoms with Crippen LogP contribution in [0.25, 0.3) is 0 Å². The molecule has 7 heteroatoms. The molecule has 0 amide bonds. The van der Waals surface area contributed by atoms with E-state index in [0.29, 0.717) is 12.8 Å². The highest BCUT2D eigenvalue weighted by Crippen LogP contribution is 2.26. The van der Waals surface area contributed by atoms with E-state index >= 15 is 0 Å². The van der Waals surface area contributed by atoms with Gasteiger partial charge in [-0.25, -0.2) is 4.79 Å². The van der Waals surface area contributed by atoms with Crippen LogP contribution in [0.5, 0.6) is 0 Å². The fourth-order valence-corrected chi connectivity index (χ4v) is 1.61. The molecule has 0 spiro atoms. The number of nitriles is 1. The molecule has 1 rings (SSSR count). The van der Waals surface area contributed by atoms with Gasteiger partial charge in [0.25, 0.3) is 5.69 Å². The molecule has 0 radical (unpaired) electrons. The van der Waals surface area contributed by atoms with Crippen molar-refractivity contribution in [2.24, 2.45) is 0 Å². The van der Waals surface area contributed by atoms with E-state index in [9.17, 15) is 14.9 Å². The maximum atomic E-state index is 11.0. The van der Waals surface area contributed by atoms with E-state index in [1.165, 1.54) is 18.2 Å². The number of carbonyl (C=O) groups is 1. The van der Waals surface area contributed by atoms with Crippen LogP contribution in [0, 0.1) is 21.4 Å². The molecule has 0 saturated heterocycles. The number of carboxylic acid groups (broad SMARTS) is 1. The van der Waals surface area contributed by atoms with Crippen molar-refractivity contribution in [1.82, 2.24) is 0 Å². The van der Waals surface area contributed by atoms with Gasteiger partial charge in [-0.1, -0.05) is 13.3 Å². The molecule has 0 saturated carbocycles. The van der Waals surface area contributed by atoms with Crippen LogP contribution < -0.4 is 5.32 Å². The number of aliphatic carboxylic acids is 1. The monoisotopic (exact) mass is 263 g/mol. The molecular formula is C12H13N3O4. The van der Waals surface area contributed by atoms with Gasteiger partial charge in [0.2, 0.25) is 0 Å². The van der Waals surface area contributed by atoms with E-state index in [4.69, 9.17) is 10.4 Å². The minimum absolute atomic E-state index is 0.0462. The molecule has 0 fully saturated rings. The van der Waals surface area contributed by atoms with Crippen molar-refractivity contribution in [1.29, 1.82) is 5.26 Å². The number of hydrogen-bond donors (Lipinski definition) is 2. The van der Waals surface area contributed by atoms with Crippen molar-refractivity contribution >= 4 is 17.3 Å². The number of rotatable bonds is 6. The zero-order valence-corrected chi connectivity index (χ0v) is 10.3. The van der Waals surface area contributed by atoms with Gasteiger partial charge in [-0.05, 0) is 18.6 Å². The van der Waals surface area contributed by atoms with Crippen LogP contribution in [-0.4, -0.2) is 22.0 Å². The second-order valence-corrected chi connectivity index (χ2v) is 3.92. The van der Waals surface area contributed by atoms with Crippen LogP contribution in [0.2, 0.25) is 0 Å². The summed E-state index contributed by atoms with van der Waals surface area (Å²) >= 11 is 0. The highest BCUT2D eigenvalue weighted by molar-refractivity contribution is 5.79. The van der Waals surface area contributed by atoms with Crippen molar-refractivity contribution in [3.63, 3.8) is 0 Å². The van der Waals surface area contributed by atoms with Gasteiger partial charge in [0.1, 0.15) is 11.7 Å². The molecule has 0 aliphatic rings. The van der Waals surface area contributed by atoms with E-state index in [1.54, 1.807) is 0 Å². The number of anilines is 1. The third-order valence-corrected chi connectivity index (χ3v) is 2.53. The lowest BCUT2D eigenvalue weighted by Crippen LogP contribution is -2.29. The van der Waals surface area contributed by atoms with E-state index in [1.807, 2.05) is 13.0 Å². The minimum atomic E-state index is -1.08. The molecule has 7 nitrogen and oxygen atoms in total. The Kier molecular flexibility index (Phi) is 4.83. The maximum absolute atomic E-state index is 11.0. The van der Waals surface area contributed by atoms with Gasteiger partial charge in [0.05, 0.1) is 16.6 Å². The third-order valence-electron chi connectivity index (χ3n) is 2.53. The second-order valence-electron chi connectivity index (χ2n) is 3.92. The van der Waals surface area contributed by atoms with E-state index in [-0.39, 0.29) is 16.9 Å². The first-order valence-corrected chi connectivity index (χ1v) is 5.67. The summed E-state index contributed by atoms with van der Waals surface area (Å²) in [6.45, 7) is 1.82. The topological polar surface area (TPSA) is 116 Å². The van der Waals surface area contributed by atoms with E-state index < -0.39 is 16.9 Å². The van der Waals surface area contributed by atoms with Gasteiger partial charge < -0.3 is 10.4 Å².